The maximum Gasteiger partial charge on any atom is 0.128 e. The minimum Gasteiger partial charge on any atom is -0.374 e. The molecule has 0 aliphatic rings. The molecule has 0 spiro atoms. The average molecular weight is 412 g/mol. The lowest BCUT2D eigenvalue weighted by molar-refractivity contribution is -0.0725. The fourth-order valence-corrected chi connectivity index (χ4v) is 3.83. The number of hydrogen-bond donors (Lipinski definition) is 2. The summed E-state index contributed by atoms with van der Waals surface area (Å²) in [6.45, 7) is 6.15. The van der Waals surface area contributed by atoms with Crippen LogP contribution in [0.1, 0.15) is 143 Å². The summed E-state index contributed by atoms with van der Waals surface area (Å²) in [5, 5.41) is 20.0. The predicted molar refractivity (Wildman–Crippen MR) is 128 cm³/mol. The summed E-state index contributed by atoms with van der Waals surface area (Å²) < 4.78 is 0. The summed E-state index contributed by atoms with van der Waals surface area (Å²) in [5.74, 6) is 0. The maximum absolute atomic E-state index is 9.98. The summed E-state index contributed by atoms with van der Waals surface area (Å²) in [6, 6.07) is 0. The molecule has 0 aromatic rings. The van der Waals surface area contributed by atoms with Gasteiger partial charge in [0.1, 0.15) is 12.5 Å². The van der Waals surface area contributed by atoms with E-state index in [4.69, 9.17) is 0 Å². The summed E-state index contributed by atoms with van der Waals surface area (Å²) in [5.41, 5.74) is 0. The van der Waals surface area contributed by atoms with E-state index in [-0.39, 0.29) is 0 Å². The van der Waals surface area contributed by atoms with Gasteiger partial charge in [-0.2, -0.15) is 0 Å². The van der Waals surface area contributed by atoms with Gasteiger partial charge in [0.2, 0.25) is 0 Å². The van der Waals surface area contributed by atoms with Gasteiger partial charge in [-0.25, -0.2) is 0 Å². The van der Waals surface area contributed by atoms with E-state index >= 15 is 0 Å². The Bertz CT molecular complexity index is 336. The zero-order chi connectivity index (χ0) is 21.6. The van der Waals surface area contributed by atoms with Crippen LogP contribution in [0, 0.1) is 0 Å². The van der Waals surface area contributed by atoms with E-state index in [1.54, 1.807) is 4.90 Å². The Hall–Kier alpha value is -0.540. The standard InChI is InChI=1S/C26H53NO2/c1-4-7-8-9-10-11-12-13-14-15-16-17-18-19-20-21-22-23-24-27(25(28)5-2)26(29)6-3/h23-26,28-29H,4-22H2,1-3H3. The van der Waals surface area contributed by atoms with Crippen molar-refractivity contribution >= 4 is 0 Å². The van der Waals surface area contributed by atoms with E-state index in [1.165, 1.54) is 103 Å². The van der Waals surface area contributed by atoms with Crippen LogP contribution in [0.25, 0.3) is 0 Å². The molecule has 3 heteroatoms. The first-order chi connectivity index (χ1) is 14.2. The van der Waals surface area contributed by atoms with Crippen LogP contribution < -0.4 is 0 Å². The van der Waals surface area contributed by atoms with Gasteiger partial charge in [-0.05, 0) is 25.7 Å². The predicted octanol–water partition coefficient (Wildman–Crippen LogP) is 7.91. The Morgan fingerprint density at radius 2 is 0.897 bits per heavy atom. The lowest BCUT2D eigenvalue weighted by Crippen LogP contribution is -2.38. The van der Waals surface area contributed by atoms with Gasteiger partial charge >= 0.3 is 0 Å². The summed E-state index contributed by atoms with van der Waals surface area (Å²) >= 11 is 0. The molecule has 0 rings (SSSR count). The third-order valence-corrected chi connectivity index (χ3v) is 5.92. The molecule has 2 N–H and O–H groups in total. The Morgan fingerprint density at radius 3 is 1.24 bits per heavy atom. The van der Waals surface area contributed by atoms with Crippen LogP contribution in [0.4, 0.5) is 0 Å². The van der Waals surface area contributed by atoms with Crippen molar-refractivity contribution in [1.82, 2.24) is 4.90 Å². The van der Waals surface area contributed by atoms with Gasteiger partial charge in [0.25, 0.3) is 0 Å². The third kappa shape index (κ3) is 18.0. The molecule has 0 aliphatic carbocycles. The normalized spacial score (nSPS) is 13.8. The molecule has 2 unspecified atom stereocenters. The molecule has 0 radical (unpaired) electrons. The number of aliphatic hydroxyl groups is 2. The molecule has 0 aromatic carbocycles. The number of nitrogens with zero attached hydrogens (tertiary/aromatic N) is 1. The number of rotatable bonds is 22. The molecule has 0 saturated carbocycles. The third-order valence-electron chi connectivity index (χ3n) is 5.92. The lowest BCUT2D eigenvalue weighted by atomic mass is 10.0. The Kier molecular flexibility index (Phi) is 21.7. The Labute approximate surface area is 183 Å². The molecule has 2 atom stereocenters. The van der Waals surface area contributed by atoms with E-state index in [0.29, 0.717) is 12.8 Å². The van der Waals surface area contributed by atoms with Crippen molar-refractivity contribution in [2.45, 2.75) is 155 Å². The van der Waals surface area contributed by atoms with Gasteiger partial charge in [-0.1, -0.05) is 123 Å². The highest BCUT2D eigenvalue weighted by Crippen LogP contribution is 2.14. The first kappa shape index (κ1) is 28.5. The van der Waals surface area contributed by atoms with E-state index < -0.39 is 12.5 Å². The van der Waals surface area contributed by atoms with E-state index in [1.807, 2.05) is 20.0 Å². The summed E-state index contributed by atoms with van der Waals surface area (Å²) in [7, 11) is 0. The second-order valence-electron chi connectivity index (χ2n) is 8.70. The molecule has 0 aliphatic heterocycles. The van der Waals surface area contributed by atoms with Crippen molar-refractivity contribution in [2.24, 2.45) is 0 Å². The first-order valence-electron chi connectivity index (χ1n) is 13.0. The molecule has 0 aromatic heterocycles. The highest BCUT2D eigenvalue weighted by molar-refractivity contribution is 4.85. The molecule has 0 fully saturated rings. The molecule has 0 amide bonds. The second-order valence-corrected chi connectivity index (χ2v) is 8.70. The fraction of sp³-hybridized carbons (Fsp3) is 0.923. The number of unbranched alkanes of at least 4 members (excludes halogenated alkanes) is 16. The van der Waals surface area contributed by atoms with E-state index in [9.17, 15) is 10.2 Å². The van der Waals surface area contributed by atoms with Gasteiger partial charge in [0.15, 0.2) is 0 Å². The second kappa shape index (κ2) is 22.2. The van der Waals surface area contributed by atoms with Gasteiger partial charge in [-0.3, -0.25) is 0 Å². The molecule has 0 heterocycles. The zero-order valence-corrected chi connectivity index (χ0v) is 20.1. The van der Waals surface area contributed by atoms with Gasteiger partial charge in [-0.15, -0.1) is 0 Å². The Balaban J connectivity index is 3.40. The van der Waals surface area contributed by atoms with Gasteiger partial charge in [0, 0.05) is 6.20 Å². The van der Waals surface area contributed by atoms with Crippen molar-refractivity contribution in [3.63, 3.8) is 0 Å². The molecule has 0 bridgehead atoms. The lowest BCUT2D eigenvalue weighted by Gasteiger charge is -2.30. The highest BCUT2D eigenvalue weighted by Gasteiger charge is 2.16. The fourth-order valence-electron chi connectivity index (χ4n) is 3.83. The molecular weight excluding hydrogens is 358 g/mol. The van der Waals surface area contributed by atoms with Gasteiger partial charge < -0.3 is 15.1 Å². The van der Waals surface area contributed by atoms with Crippen LogP contribution in [0.5, 0.6) is 0 Å². The van der Waals surface area contributed by atoms with Crippen LogP contribution in [0.2, 0.25) is 0 Å². The smallest absolute Gasteiger partial charge is 0.128 e. The number of allylic oxidation sites excluding steroid dienone is 1. The molecular formula is C26H53NO2. The van der Waals surface area contributed by atoms with Crippen LogP contribution in [-0.4, -0.2) is 27.6 Å². The zero-order valence-electron chi connectivity index (χ0n) is 20.1. The molecule has 174 valence electrons. The summed E-state index contributed by atoms with van der Waals surface area (Å²) in [4.78, 5) is 1.67. The Morgan fingerprint density at radius 1 is 0.552 bits per heavy atom. The highest BCUT2D eigenvalue weighted by atomic mass is 16.3. The quantitative estimate of drug-likeness (QED) is 0.140. The van der Waals surface area contributed by atoms with Crippen molar-refractivity contribution in [2.75, 3.05) is 0 Å². The van der Waals surface area contributed by atoms with E-state index in [2.05, 4.69) is 13.0 Å². The van der Waals surface area contributed by atoms with Crippen molar-refractivity contribution in [1.29, 1.82) is 0 Å². The molecule has 0 saturated heterocycles. The molecule has 3 nitrogen and oxygen atoms in total. The van der Waals surface area contributed by atoms with Crippen LogP contribution in [0.3, 0.4) is 0 Å². The van der Waals surface area contributed by atoms with Crippen LogP contribution >= 0.6 is 0 Å². The van der Waals surface area contributed by atoms with Crippen molar-refractivity contribution in [3.8, 4) is 0 Å². The number of aliphatic hydroxyl groups excluding tert-OH is 2. The number of hydrogen-bond acceptors (Lipinski definition) is 3. The van der Waals surface area contributed by atoms with Crippen LogP contribution in [-0.2, 0) is 0 Å². The monoisotopic (exact) mass is 411 g/mol. The van der Waals surface area contributed by atoms with Crippen LogP contribution in [0.15, 0.2) is 12.3 Å². The summed E-state index contributed by atoms with van der Waals surface area (Å²) in [6.07, 6.45) is 27.4. The first-order valence-corrected chi connectivity index (χ1v) is 13.0. The van der Waals surface area contributed by atoms with Crippen molar-refractivity contribution < 1.29 is 10.2 Å². The minimum absolute atomic E-state index is 0.591. The van der Waals surface area contributed by atoms with Gasteiger partial charge in [0.05, 0.1) is 0 Å². The average Bonchev–Trinajstić information content (AvgIpc) is 2.74. The van der Waals surface area contributed by atoms with E-state index in [0.717, 1.165) is 6.42 Å². The van der Waals surface area contributed by atoms with Crippen molar-refractivity contribution in [3.05, 3.63) is 12.3 Å². The molecule has 29 heavy (non-hydrogen) atoms. The minimum atomic E-state index is -0.591. The SMILES string of the molecule is CCCCCCCCCCCCCCCCCCC=CN(C(O)CC)C(O)CC. The largest absolute Gasteiger partial charge is 0.374 e. The topological polar surface area (TPSA) is 43.7 Å². The maximum atomic E-state index is 9.98.